The molecule has 1 amide bonds. The van der Waals surface area contributed by atoms with Crippen LogP contribution in [0.15, 0.2) is 18.2 Å². The standard InChI is InChI=1S/C11H14F2N2O/c1-14-11(16)3-2-6-15-8-4-5-9(12)10(13)7-8/h4-5,7,15H,2-3,6H2,1H3,(H,14,16). The molecule has 0 aromatic heterocycles. The second-order valence-electron chi connectivity index (χ2n) is 3.33. The molecule has 1 rings (SSSR count). The highest BCUT2D eigenvalue weighted by molar-refractivity contribution is 5.75. The van der Waals surface area contributed by atoms with Crippen molar-refractivity contribution >= 4 is 11.6 Å². The lowest BCUT2D eigenvalue weighted by Gasteiger charge is -2.06. The van der Waals surface area contributed by atoms with E-state index in [1.165, 1.54) is 6.07 Å². The number of halogens is 2. The minimum absolute atomic E-state index is 0.0351. The third-order valence-corrected chi connectivity index (χ3v) is 2.11. The summed E-state index contributed by atoms with van der Waals surface area (Å²) in [6.07, 6.45) is 1.05. The number of carbonyl (C=O) groups excluding carboxylic acids is 1. The molecular weight excluding hydrogens is 214 g/mol. The van der Waals surface area contributed by atoms with E-state index >= 15 is 0 Å². The molecule has 5 heteroatoms. The molecule has 0 aliphatic heterocycles. The fraction of sp³-hybridized carbons (Fsp3) is 0.364. The second kappa shape index (κ2) is 6.05. The molecule has 2 N–H and O–H groups in total. The van der Waals surface area contributed by atoms with Gasteiger partial charge < -0.3 is 10.6 Å². The molecule has 0 radical (unpaired) electrons. The highest BCUT2D eigenvalue weighted by atomic mass is 19.2. The minimum atomic E-state index is -0.878. The van der Waals surface area contributed by atoms with Crippen LogP contribution in [-0.2, 0) is 4.79 Å². The van der Waals surface area contributed by atoms with Crippen LogP contribution in [-0.4, -0.2) is 19.5 Å². The molecule has 0 aliphatic carbocycles. The summed E-state index contributed by atoms with van der Waals surface area (Å²) in [6.45, 7) is 0.540. The summed E-state index contributed by atoms with van der Waals surface area (Å²) in [6, 6.07) is 3.62. The van der Waals surface area contributed by atoms with E-state index in [1.54, 1.807) is 7.05 Å². The number of hydrogen-bond donors (Lipinski definition) is 2. The first-order valence-corrected chi connectivity index (χ1v) is 5.03. The number of nitrogens with one attached hydrogen (secondary N) is 2. The number of hydrogen-bond acceptors (Lipinski definition) is 2. The Morgan fingerprint density at radius 2 is 2.06 bits per heavy atom. The molecule has 0 bridgehead atoms. The number of amides is 1. The normalized spacial score (nSPS) is 9.94. The zero-order valence-corrected chi connectivity index (χ0v) is 9.02. The first-order chi connectivity index (χ1) is 7.63. The smallest absolute Gasteiger partial charge is 0.219 e. The van der Waals surface area contributed by atoms with Crippen molar-refractivity contribution in [2.24, 2.45) is 0 Å². The van der Waals surface area contributed by atoms with Gasteiger partial charge in [-0.3, -0.25) is 4.79 Å². The van der Waals surface area contributed by atoms with Gasteiger partial charge in [-0.05, 0) is 24.6 Å². The van der Waals surface area contributed by atoms with Crippen LogP contribution in [0.1, 0.15) is 12.8 Å². The van der Waals surface area contributed by atoms with Crippen LogP contribution in [0.5, 0.6) is 0 Å². The van der Waals surface area contributed by atoms with Gasteiger partial charge in [-0.15, -0.1) is 0 Å². The van der Waals surface area contributed by atoms with E-state index in [0.717, 1.165) is 12.1 Å². The first-order valence-electron chi connectivity index (χ1n) is 5.03. The topological polar surface area (TPSA) is 41.1 Å². The molecule has 88 valence electrons. The monoisotopic (exact) mass is 228 g/mol. The molecule has 1 aromatic carbocycles. The van der Waals surface area contributed by atoms with E-state index in [1.807, 2.05) is 0 Å². The largest absolute Gasteiger partial charge is 0.385 e. The van der Waals surface area contributed by atoms with Gasteiger partial charge in [-0.25, -0.2) is 8.78 Å². The van der Waals surface area contributed by atoms with Crippen molar-refractivity contribution in [1.29, 1.82) is 0 Å². The first kappa shape index (κ1) is 12.4. The van der Waals surface area contributed by atoms with Crippen molar-refractivity contribution in [3.05, 3.63) is 29.8 Å². The van der Waals surface area contributed by atoms with E-state index in [9.17, 15) is 13.6 Å². The number of anilines is 1. The van der Waals surface area contributed by atoms with E-state index < -0.39 is 11.6 Å². The maximum atomic E-state index is 12.8. The van der Waals surface area contributed by atoms with Crippen LogP contribution in [0, 0.1) is 11.6 Å². The molecule has 0 heterocycles. The molecule has 3 nitrogen and oxygen atoms in total. The predicted molar refractivity (Wildman–Crippen MR) is 58.1 cm³/mol. The van der Waals surface area contributed by atoms with E-state index in [2.05, 4.69) is 10.6 Å². The van der Waals surface area contributed by atoms with Gasteiger partial charge in [-0.2, -0.15) is 0 Å². The fourth-order valence-electron chi connectivity index (χ4n) is 1.21. The zero-order valence-electron chi connectivity index (χ0n) is 9.02. The van der Waals surface area contributed by atoms with E-state index in [-0.39, 0.29) is 5.91 Å². The van der Waals surface area contributed by atoms with Crippen LogP contribution < -0.4 is 10.6 Å². The number of carbonyl (C=O) groups is 1. The van der Waals surface area contributed by atoms with Crippen molar-refractivity contribution in [3.63, 3.8) is 0 Å². The molecule has 16 heavy (non-hydrogen) atoms. The average Bonchev–Trinajstić information content (AvgIpc) is 2.28. The Labute approximate surface area is 92.8 Å². The van der Waals surface area contributed by atoms with Gasteiger partial charge in [0.25, 0.3) is 0 Å². The molecule has 0 spiro atoms. The Hall–Kier alpha value is -1.65. The summed E-state index contributed by atoms with van der Waals surface area (Å²) in [5, 5.41) is 5.41. The fourth-order valence-corrected chi connectivity index (χ4v) is 1.21. The maximum absolute atomic E-state index is 12.8. The van der Waals surface area contributed by atoms with Crippen LogP contribution >= 0.6 is 0 Å². The van der Waals surface area contributed by atoms with Crippen LogP contribution in [0.2, 0.25) is 0 Å². The summed E-state index contributed by atoms with van der Waals surface area (Å²) in [5.41, 5.74) is 0.510. The minimum Gasteiger partial charge on any atom is -0.385 e. The van der Waals surface area contributed by atoms with Crippen molar-refractivity contribution in [2.75, 3.05) is 18.9 Å². The SMILES string of the molecule is CNC(=O)CCCNc1ccc(F)c(F)c1. The van der Waals surface area contributed by atoms with Gasteiger partial charge in [0, 0.05) is 25.7 Å². The Morgan fingerprint density at radius 3 is 2.69 bits per heavy atom. The van der Waals surface area contributed by atoms with E-state index in [0.29, 0.717) is 25.1 Å². The molecule has 0 fully saturated rings. The van der Waals surface area contributed by atoms with Gasteiger partial charge in [0.15, 0.2) is 11.6 Å². The van der Waals surface area contributed by atoms with Crippen molar-refractivity contribution in [1.82, 2.24) is 5.32 Å². The van der Waals surface area contributed by atoms with Gasteiger partial charge in [0.05, 0.1) is 0 Å². The lowest BCUT2D eigenvalue weighted by molar-refractivity contribution is -0.120. The number of benzene rings is 1. The Balaban J connectivity index is 2.32. The molecule has 0 atom stereocenters. The molecule has 0 unspecified atom stereocenters. The molecular formula is C11H14F2N2O. The zero-order chi connectivity index (χ0) is 12.0. The third kappa shape index (κ3) is 3.84. The summed E-state index contributed by atoms with van der Waals surface area (Å²) < 4.78 is 25.4. The summed E-state index contributed by atoms with van der Waals surface area (Å²) >= 11 is 0. The quantitative estimate of drug-likeness (QED) is 0.756. The second-order valence-corrected chi connectivity index (χ2v) is 3.33. The van der Waals surface area contributed by atoms with Crippen molar-refractivity contribution in [3.8, 4) is 0 Å². The van der Waals surface area contributed by atoms with Gasteiger partial charge in [0.1, 0.15) is 0 Å². The summed E-state index contributed by atoms with van der Waals surface area (Å²) in [4.78, 5) is 10.9. The number of rotatable bonds is 5. The third-order valence-electron chi connectivity index (χ3n) is 2.11. The molecule has 0 aliphatic rings. The lowest BCUT2D eigenvalue weighted by atomic mass is 10.2. The predicted octanol–water partition coefficient (Wildman–Crippen LogP) is 1.90. The molecule has 1 aromatic rings. The van der Waals surface area contributed by atoms with Gasteiger partial charge in [-0.1, -0.05) is 0 Å². The van der Waals surface area contributed by atoms with Gasteiger partial charge in [0.2, 0.25) is 5.91 Å². The van der Waals surface area contributed by atoms with Crippen molar-refractivity contribution < 1.29 is 13.6 Å². The molecule has 0 saturated carbocycles. The maximum Gasteiger partial charge on any atom is 0.219 e. The van der Waals surface area contributed by atoms with Crippen LogP contribution in [0.3, 0.4) is 0 Å². The highest BCUT2D eigenvalue weighted by Crippen LogP contribution is 2.12. The summed E-state index contributed by atoms with van der Waals surface area (Å²) in [5.74, 6) is -1.78. The van der Waals surface area contributed by atoms with Crippen molar-refractivity contribution in [2.45, 2.75) is 12.8 Å². The molecule has 0 saturated heterocycles. The lowest BCUT2D eigenvalue weighted by Crippen LogP contribution is -2.18. The van der Waals surface area contributed by atoms with E-state index in [4.69, 9.17) is 0 Å². The van der Waals surface area contributed by atoms with Crippen LogP contribution in [0.4, 0.5) is 14.5 Å². The Kier molecular flexibility index (Phi) is 4.69. The highest BCUT2D eigenvalue weighted by Gasteiger charge is 2.02. The average molecular weight is 228 g/mol. The van der Waals surface area contributed by atoms with Gasteiger partial charge >= 0.3 is 0 Å². The van der Waals surface area contributed by atoms with Crippen LogP contribution in [0.25, 0.3) is 0 Å². The summed E-state index contributed by atoms with van der Waals surface area (Å²) in [7, 11) is 1.57. The Morgan fingerprint density at radius 1 is 1.31 bits per heavy atom. The Bertz CT molecular complexity index is 369.